The number of phosphoric ester groups is 2. The molecule has 7 rings (SSSR count). The van der Waals surface area contributed by atoms with Crippen LogP contribution in [0.1, 0.15) is 35.4 Å². The number of nitrogens with zero attached hydrogens (tertiary/aromatic N) is 6. The number of aryl methyl sites for hydroxylation is 2. The Balaban J connectivity index is 1.02. The van der Waals surface area contributed by atoms with E-state index in [9.17, 15) is 58.8 Å². The van der Waals surface area contributed by atoms with Gasteiger partial charge in [0.05, 0.1) is 43.5 Å². The first-order valence-corrected chi connectivity index (χ1v) is 21.9. The van der Waals surface area contributed by atoms with Gasteiger partial charge in [-0.05, 0) is 42.7 Å². The van der Waals surface area contributed by atoms with Crippen molar-refractivity contribution >= 4 is 61.8 Å². The van der Waals surface area contributed by atoms with Crippen molar-refractivity contribution in [3.63, 3.8) is 0 Å². The molecule has 0 aliphatic carbocycles. The number of carbonyl (C=O) groups excluding carboxylic acids is 1. The fourth-order valence-corrected chi connectivity index (χ4v) is 9.32. The van der Waals surface area contributed by atoms with Crippen LogP contribution in [0.5, 0.6) is 0 Å². The minimum atomic E-state index is -5.91. The Morgan fingerprint density at radius 3 is 2.33 bits per heavy atom. The molecule has 5 heterocycles. The van der Waals surface area contributed by atoms with Crippen LogP contribution in [-0.2, 0) is 32.0 Å². The van der Waals surface area contributed by atoms with E-state index in [2.05, 4.69) is 38.3 Å². The SMILES string of the molecule is Cc1cc2c(cc1C)N([C@H](CC=O)c1ccccc1)c1c([nH]c(=O)[nH]c1=O)N2C[C@H](O)[C@H](O)[C@H](O)COP(=O)([O-])OP(=O)([O-])OC[C@H]1O[C@@H](n2cnc3c(N)ncnc32)[C@H](O)[C@@H]1O. The van der Waals surface area contributed by atoms with Gasteiger partial charge >= 0.3 is 5.69 Å². The maximum Gasteiger partial charge on any atom is 0.327 e. The summed E-state index contributed by atoms with van der Waals surface area (Å²) < 4.78 is 45.1. The van der Waals surface area contributed by atoms with E-state index in [4.69, 9.17) is 10.5 Å². The van der Waals surface area contributed by atoms with E-state index in [1.807, 2.05) is 0 Å². The van der Waals surface area contributed by atoms with Crippen LogP contribution in [-0.4, -0.2) is 118 Å². The molecule has 0 amide bonds. The highest BCUT2D eigenvalue weighted by Gasteiger charge is 2.45. The number of hydrogen-bond acceptors (Lipinski definition) is 22. The summed E-state index contributed by atoms with van der Waals surface area (Å²) in [6, 6.07) is 11.4. The van der Waals surface area contributed by atoms with Crippen molar-refractivity contribution in [2.45, 2.75) is 69.2 Å². The van der Waals surface area contributed by atoms with Crippen LogP contribution >= 0.6 is 15.6 Å². The maximum atomic E-state index is 13.6. The van der Waals surface area contributed by atoms with Gasteiger partial charge in [-0.2, -0.15) is 0 Å². The van der Waals surface area contributed by atoms with Crippen molar-refractivity contribution in [3.8, 4) is 0 Å². The van der Waals surface area contributed by atoms with E-state index >= 15 is 0 Å². The van der Waals surface area contributed by atoms with Crippen molar-refractivity contribution in [3.05, 3.63) is 92.6 Å². The molecule has 338 valence electrons. The summed E-state index contributed by atoms with van der Waals surface area (Å²) in [4.78, 5) is 83.0. The summed E-state index contributed by atoms with van der Waals surface area (Å²) in [6.45, 7) is 0.522. The molecule has 10 atom stereocenters. The molecule has 63 heavy (non-hydrogen) atoms. The number of rotatable bonds is 17. The highest BCUT2D eigenvalue weighted by molar-refractivity contribution is 7.59. The van der Waals surface area contributed by atoms with E-state index in [1.54, 1.807) is 61.2 Å². The number of benzene rings is 2. The number of nitrogens with one attached hydrogen (secondary N) is 2. The number of ether oxygens (including phenoxy) is 1. The molecule has 1 saturated heterocycles. The van der Waals surface area contributed by atoms with Gasteiger partial charge in [0.15, 0.2) is 17.7 Å². The largest absolute Gasteiger partial charge is 0.756 e. The number of nitrogens with two attached hydrogens (primary N) is 1. The number of β-amino-alcohol motifs (C(OH)–C–C–N with tert-alkyl or cyclic N) is 1. The Morgan fingerprint density at radius 1 is 0.952 bits per heavy atom. The Morgan fingerprint density at radius 2 is 1.63 bits per heavy atom. The van der Waals surface area contributed by atoms with Crippen LogP contribution in [0.2, 0.25) is 0 Å². The lowest BCUT2D eigenvalue weighted by Crippen LogP contribution is -2.48. The molecular formula is C36H41N9O16P2-2. The zero-order valence-electron chi connectivity index (χ0n) is 33.1. The monoisotopic (exact) mass is 917 g/mol. The molecule has 5 aromatic rings. The average molecular weight is 918 g/mol. The van der Waals surface area contributed by atoms with Crippen molar-refractivity contribution < 1.29 is 67.3 Å². The zero-order chi connectivity index (χ0) is 45.5. The molecule has 9 N–H and O–H groups in total. The second-order valence-corrected chi connectivity index (χ2v) is 17.6. The zero-order valence-corrected chi connectivity index (χ0v) is 34.9. The van der Waals surface area contributed by atoms with Gasteiger partial charge in [-0.15, -0.1) is 0 Å². The molecule has 2 unspecified atom stereocenters. The molecular weight excluding hydrogens is 876 g/mol. The summed E-state index contributed by atoms with van der Waals surface area (Å²) >= 11 is 0. The fourth-order valence-electron chi connectivity index (χ4n) is 7.30. The van der Waals surface area contributed by atoms with Crippen LogP contribution in [0, 0.1) is 13.8 Å². The van der Waals surface area contributed by atoms with Crippen LogP contribution in [0.25, 0.3) is 11.2 Å². The summed E-state index contributed by atoms with van der Waals surface area (Å²) in [5.41, 5.74) is 6.93. The van der Waals surface area contributed by atoms with Crippen LogP contribution in [0.15, 0.2) is 64.7 Å². The van der Waals surface area contributed by atoms with Crippen molar-refractivity contribution in [1.29, 1.82) is 0 Å². The Bertz CT molecular complexity index is 2700. The van der Waals surface area contributed by atoms with Gasteiger partial charge in [-0.25, -0.2) is 24.1 Å². The number of anilines is 5. The number of nitrogen functional groups attached to an aromatic ring is 1. The third kappa shape index (κ3) is 9.37. The number of H-pyrrole nitrogens is 2. The van der Waals surface area contributed by atoms with Crippen LogP contribution in [0.3, 0.4) is 0 Å². The molecule has 3 aromatic heterocycles. The minimum Gasteiger partial charge on any atom is -0.756 e. The fraction of sp³-hybridized carbons (Fsp3) is 0.389. The second kappa shape index (κ2) is 18.1. The van der Waals surface area contributed by atoms with E-state index in [0.717, 1.165) is 17.5 Å². The van der Waals surface area contributed by atoms with E-state index in [1.165, 1.54) is 15.8 Å². The molecule has 0 saturated carbocycles. The van der Waals surface area contributed by atoms with E-state index in [0.29, 0.717) is 23.2 Å². The van der Waals surface area contributed by atoms with E-state index < -0.39 is 95.5 Å². The van der Waals surface area contributed by atoms with Crippen LogP contribution < -0.4 is 36.6 Å². The second-order valence-electron chi connectivity index (χ2n) is 14.7. The number of fused-ring (bicyclic) bond motifs is 3. The van der Waals surface area contributed by atoms with Gasteiger partial charge in [0.2, 0.25) is 0 Å². The number of aldehydes is 1. The predicted octanol–water partition coefficient (Wildman–Crippen LogP) is -1.29. The molecule has 25 nitrogen and oxygen atoms in total. The highest BCUT2D eigenvalue weighted by atomic mass is 31.3. The molecule has 2 aromatic carbocycles. The average Bonchev–Trinajstić information content (AvgIpc) is 3.79. The lowest BCUT2D eigenvalue weighted by molar-refractivity contribution is -0.247. The van der Waals surface area contributed by atoms with Gasteiger partial charge in [-0.1, -0.05) is 30.3 Å². The van der Waals surface area contributed by atoms with Crippen molar-refractivity contribution in [2.75, 3.05) is 35.3 Å². The quantitative estimate of drug-likeness (QED) is 0.0397. The van der Waals surface area contributed by atoms with Gasteiger partial charge in [0.25, 0.3) is 21.2 Å². The number of imidazole rings is 1. The standard InChI is InChI=1S/C36H43N9O16P2/c1-17-10-21-22(11-18(17)2)45(20(8-9-46)19-6-4-3-5-7-19)27-33(41-36(53)42-34(27)52)43(21)12-23(47)28(49)24(48)13-58-62(54,55)61-63(56,57)59-14-25-29(50)30(51)35(60-25)44-16-40-26-31(37)38-15-39-32(26)44/h3-7,9-11,15-16,20,23-25,28-30,35,47-51H,8,12-14H2,1-2H3,(H,54,55)(H,56,57)(H2,37,38,39)(H2,41,42,52,53)/p-2/t20-,23+,24-,25-,28+,29-,30-,35-/m1/s1. The number of aliphatic hydroxyl groups excluding tert-OH is 5. The number of aliphatic hydroxyl groups is 5. The third-order valence-electron chi connectivity index (χ3n) is 10.5. The Hall–Kier alpha value is -5.24. The summed E-state index contributed by atoms with van der Waals surface area (Å²) in [5.74, 6) is -0.142. The number of aromatic nitrogens is 6. The molecule has 0 bridgehead atoms. The minimum absolute atomic E-state index is 0.00833. The van der Waals surface area contributed by atoms with Crippen LogP contribution in [0.4, 0.5) is 28.7 Å². The van der Waals surface area contributed by atoms with Gasteiger partial charge in [0, 0.05) is 6.42 Å². The highest BCUT2D eigenvalue weighted by Crippen LogP contribution is 2.56. The topological polar surface area (TPSA) is 377 Å². The summed E-state index contributed by atoms with van der Waals surface area (Å²) in [7, 11) is -11.8. The number of aromatic amines is 2. The lowest BCUT2D eigenvalue weighted by atomic mass is 9.96. The first-order valence-electron chi connectivity index (χ1n) is 18.9. The van der Waals surface area contributed by atoms with Gasteiger partial charge < -0.3 is 69.4 Å². The molecule has 27 heteroatoms. The Kier molecular flexibility index (Phi) is 13.1. The van der Waals surface area contributed by atoms with Gasteiger partial charge in [0.1, 0.15) is 66.3 Å². The predicted molar refractivity (Wildman–Crippen MR) is 214 cm³/mol. The van der Waals surface area contributed by atoms with Crippen molar-refractivity contribution in [1.82, 2.24) is 29.5 Å². The molecule has 2 aliphatic rings. The van der Waals surface area contributed by atoms with Gasteiger partial charge in [-0.3, -0.25) is 28.5 Å². The molecule has 1 fully saturated rings. The van der Waals surface area contributed by atoms with E-state index in [-0.39, 0.29) is 34.9 Å². The maximum absolute atomic E-state index is 13.6. The number of hydrogen-bond donors (Lipinski definition) is 8. The normalized spacial score (nSPS) is 22.4. The Labute approximate surface area is 355 Å². The first-order chi connectivity index (χ1) is 29.8. The number of phosphoric acid groups is 2. The lowest BCUT2D eigenvalue weighted by Gasteiger charge is -2.43. The van der Waals surface area contributed by atoms with Crippen molar-refractivity contribution in [2.24, 2.45) is 0 Å². The first kappa shape index (κ1) is 45.8. The molecule has 2 aliphatic heterocycles. The smallest absolute Gasteiger partial charge is 0.327 e. The third-order valence-corrected chi connectivity index (χ3v) is 13.1. The summed E-state index contributed by atoms with van der Waals surface area (Å²) in [5, 5.41) is 54.1. The number of carbonyl (C=O) groups is 1. The molecule has 0 spiro atoms. The molecule has 0 radical (unpaired) electrons. The summed E-state index contributed by atoms with van der Waals surface area (Å²) in [6.07, 6.45) is -9.92.